The zero-order valence-electron chi connectivity index (χ0n) is 8.20. The monoisotopic (exact) mass is 232 g/mol. The number of benzene rings is 1. The summed E-state index contributed by atoms with van der Waals surface area (Å²) in [6.45, 7) is 0. The SMILES string of the molecule is O=C(OS)c1ccccc1-c1ncccn1. The first kappa shape index (κ1) is 10.6. The van der Waals surface area contributed by atoms with E-state index in [1.807, 2.05) is 0 Å². The molecule has 1 heterocycles. The molecule has 0 atom stereocenters. The van der Waals surface area contributed by atoms with Gasteiger partial charge in [0.05, 0.1) is 5.56 Å². The van der Waals surface area contributed by atoms with Crippen LogP contribution in [0.3, 0.4) is 0 Å². The fourth-order valence-corrected chi connectivity index (χ4v) is 1.44. The van der Waals surface area contributed by atoms with Gasteiger partial charge in [-0.1, -0.05) is 18.2 Å². The Morgan fingerprint density at radius 1 is 1.12 bits per heavy atom. The fourth-order valence-electron chi connectivity index (χ4n) is 1.34. The van der Waals surface area contributed by atoms with E-state index in [2.05, 4.69) is 27.1 Å². The second-order valence-electron chi connectivity index (χ2n) is 3.00. The van der Waals surface area contributed by atoms with Crippen LogP contribution in [-0.4, -0.2) is 15.9 Å². The molecule has 0 fully saturated rings. The summed E-state index contributed by atoms with van der Waals surface area (Å²) in [7, 11) is 0. The molecule has 1 aromatic carbocycles. The van der Waals surface area contributed by atoms with Crippen molar-refractivity contribution in [3.63, 3.8) is 0 Å². The van der Waals surface area contributed by atoms with E-state index in [-0.39, 0.29) is 0 Å². The summed E-state index contributed by atoms with van der Waals surface area (Å²) in [6, 6.07) is 8.66. The number of thiol groups is 1. The molecule has 0 saturated heterocycles. The van der Waals surface area contributed by atoms with Gasteiger partial charge in [-0.3, -0.25) is 0 Å². The summed E-state index contributed by atoms with van der Waals surface area (Å²) in [4.78, 5) is 19.6. The van der Waals surface area contributed by atoms with Crippen molar-refractivity contribution in [2.24, 2.45) is 0 Å². The lowest BCUT2D eigenvalue weighted by Crippen LogP contribution is -2.02. The average molecular weight is 232 g/mol. The van der Waals surface area contributed by atoms with Crippen molar-refractivity contribution in [1.29, 1.82) is 0 Å². The van der Waals surface area contributed by atoms with Gasteiger partial charge in [0.1, 0.15) is 0 Å². The Balaban J connectivity index is 2.53. The van der Waals surface area contributed by atoms with Crippen LogP contribution < -0.4 is 0 Å². The summed E-state index contributed by atoms with van der Waals surface area (Å²) >= 11 is 3.50. The highest BCUT2D eigenvalue weighted by Gasteiger charge is 2.14. The molecule has 0 radical (unpaired) electrons. The van der Waals surface area contributed by atoms with Crippen LogP contribution >= 0.6 is 12.9 Å². The zero-order valence-corrected chi connectivity index (χ0v) is 9.09. The minimum absolute atomic E-state index is 0.392. The van der Waals surface area contributed by atoms with Crippen molar-refractivity contribution in [3.05, 3.63) is 48.3 Å². The molecular formula is C11H8N2O2S. The smallest absolute Gasteiger partial charge is 0.350 e. The van der Waals surface area contributed by atoms with Gasteiger partial charge in [0.2, 0.25) is 0 Å². The lowest BCUT2D eigenvalue weighted by atomic mass is 10.1. The summed E-state index contributed by atoms with van der Waals surface area (Å²) in [5.74, 6) is -0.0387. The maximum atomic E-state index is 11.5. The predicted octanol–water partition coefficient (Wildman–Crippen LogP) is 2.15. The Bertz CT molecular complexity index is 502. The lowest BCUT2D eigenvalue weighted by Gasteiger charge is -2.04. The maximum absolute atomic E-state index is 11.5. The molecule has 16 heavy (non-hydrogen) atoms. The quantitative estimate of drug-likeness (QED) is 0.636. The van der Waals surface area contributed by atoms with Crippen LogP contribution in [0.15, 0.2) is 42.7 Å². The van der Waals surface area contributed by atoms with Crippen molar-refractivity contribution in [3.8, 4) is 11.4 Å². The normalized spacial score (nSPS) is 9.81. The van der Waals surface area contributed by atoms with E-state index in [9.17, 15) is 4.79 Å². The highest BCUT2D eigenvalue weighted by atomic mass is 32.1. The minimum Gasteiger partial charge on any atom is -0.391 e. The van der Waals surface area contributed by atoms with E-state index in [1.165, 1.54) is 0 Å². The molecule has 80 valence electrons. The Hall–Kier alpha value is -1.88. The van der Waals surface area contributed by atoms with Crippen molar-refractivity contribution in [2.45, 2.75) is 0 Å². The Morgan fingerprint density at radius 2 is 1.81 bits per heavy atom. The molecule has 2 aromatic rings. The van der Waals surface area contributed by atoms with Crippen LogP contribution in [0.5, 0.6) is 0 Å². The standard InChI is InChI=1S/C11H8N2O2S/c14-11(15-16)9-5-2-1-4-8(9)10-12-6-3-7-13-10/h1-7,16H. The van der Waals surface area contributed by atoms with Gasteiger partial charge < -0.3 is 4.18 Å². The largest absolute Gasteiger partial charge is 0.391 e. The molecular weight excluding hydrogens is 224 g/mol. The van der Waals surface area contributed by atoms with Crippen LogP contribution in [0.4, 0.5) is 0 Å². The molecule has 5 heteroatoms. The van der Waals surface area contributed by atoms with Gasteiger partial charge in [0, 0.05) is 30.9 Å². The molecule has 0 N–H and O–H groups in total. The summed E-state index contributed by atoms with van der Waals surface area (Å²) < 4.78 is 4.40. The van der Waals surface area contributed by atoms with Crippen molar-refractivity contribution < 1.29 is 8.98 Å². The Morgan fingerprint density at radius 3 is 2.50 bits per heavy atom. The number of nitrogens with zero attached hydrogens (tertiary/aromatic N) is 2. The van der Waals surface area contributed by atoms with Gasteiger partial charge in [0.15, 0.2) is 5.82 Å². The minimum atomic E-state index is -0.522. The molecule has 0 unspecified atom stereocenters. The van der Waals surface area contributed by atoms with Crippen LogP contribution in [-0.2, 0) is 4.18 Å². The van der Waals surface area contributed by atoms with Crippen molar-refractivity contribution >= 4 is 18.9 Å². The van der Waals surface area contributed by atoms with E-state index in [1.54, 1.807) is 42.7 Å². The summed E-state index contributed by atoms with van der Waals surface area (Å²) in [5.41, 5.74) is 1.02. The molecule has 0 saturated carbocycles. The van der Waals surface area contributed by atoms with Gasteiger partial charge in [0.25, 0.3) is 0 Å². The maximum Gasteiger partial charge on any atom is 0.350 e. The highest BCUT2D eigenvalue weighted by molar-refractivity contribution is 7.75. The van der Waals surface area contributed by atoms with E-state index in [0.717, 1.165) is 0 Å². The summed E-state index contributed by atoms with van der Waals surface area (Å²) in [5, 5.41) is 0. The van der Waals surface area contributed by atoms with E-state index in [4.69, 9.17) is 0 Å². The van der Waals surface area contributed by atoms with Gasteiger partial charge in [-0.2, -0.15) is 0 Å². The number of hydrogen-bond acceptors (Lipinski definition) is 5. The molecule has 0 aliphatic carbocycles. The third kappa shape index (κ3) is 2.04. The van der Waals surface area contributed by atoms with Crippen LogP contribution in [0.2, 0.25) is 0 Å². The number of hydrogen-bond donors (Lipinski definition) is 1. The zero-order chi connectivity index (χ0) is 11.4. The first-order valence-electron chi connectivity index (χ1n) is 4.55. The van der Waals surface area contributed by atoms with E-state index >= 15 is 0 Å². The van der Waals surface area contributed by atoms with Crippen LogP contribution in [0.25, 0.3) is 11.4 Å². The first-order chi connectivity index (χ1) is 7.83. The molecule has 0 aliphatic heterocycles. The van der Waals surface area contributed by atoms with Gasteiger partial charge >= 0.3 is 5.97 Å². The fraction of sp³-hybridized carbons (Fsp3) is 0. The number of carbonyl (C=O) groups excluding carboxylic acids is 1. The van der Waals surface area contributed by atoms with Crippen molar-refractivity contribution in [1.82, 2.24) is 9.97 Å². The Kier molecular flexibility index (Phi) is 3.16. The van der Waals surface area contributed by atoms with E-state index < -0.39 is 5.97 Å². The molecule has 0 spiro atoms. The molecule has 2 rings (SSSR count). The molecule has 4 nitrogen and oxygen atoms in total. The topological polar surface area (TPSA) is 52.1 Å². The van der Waals surface area contributed by atoms with Gasteiger partial charge in [-0.15, -0.1) is 0 Å². The van der Waals surface area contributed by atoms with Crippen LogP contribution in [0, 0.1) is 0 Å². The molecule has 0 aliphatic rings. The third-order valence-corrected chi connectivity index (χ3v) is 2.20. The number of carbonyl (C=O) groups is 1. The molecule has 0 amide bonds. The predicted molar refractivity (Wildman–Crippen MR) is 61.9 cm³/mol. The molecule has 0 bridgehead atoms. The average Bonchev–Trinajstić information content (AvgIpc) is 2.39. The lowest BCUT2D eigenvalue weighted by molar-refractivity contribution is 0.0773. The second-order valence-corrected chi connectivity index (χ2v) is 3.18. The second kappa shape index (κ2) is 4.76. The van der Waals surface area contributed by atoms with Gasteiger partial charge in [-0.25, -0.2) is 14.8 Å². The van der Waals surface area contributed by atoms with Crippen molar-refractivity contribution in [2.75, 3.05) is 0 Å². The Labute approximate surface area is 97.9 Å². The molecule has 1 aromatic heterocycles. The van der Waals surface area contributed by atoms with E-state index in [0.29, 0.717) is 17.0 Å². The number of aromatic nitrogens is 2. The first-order valence-corrected chi connectivity index (χ1v) is 4.91. The van der Waals surface area contributed by atoms with Gasteiger partial charge in [-0.05, 0) is 12.1 Å². The summed E-state index contributed by atoms with van der Waals surface area (Å²) in [6.07, 6.45) is 3.23. The third-order valence-electron chi connectivity index (χ3n) is 2.04. The van der Waals surface area contributed by atoms with Crippen LogP contribution in [0.1, 0.15) is 10.4 Å². The number of rotatable bonds is 2. The highest BCUT2D eigenvalue weighted by Crippen LogP contribution is 2.20.